The monoisotopic (exact) mass is 210 g/mol. The van der Waals surface area contributed by atoms with Gasteiger partial charge in [-0.15, -0.1) is 0 Å². The number of hydrogen-bond acceptors (Lipinski definition) is 2. The highest BCUT2D eigenvalue weighted by Gasteiger charge is 2.20. The van der Waals surface area contributed by atoms with Gasteiger partial charge in [0, 0.05) is 12.7 Å². The van der Waals surface area contributed by atoms with E-state index in [1.54, 1.807) is 0 Å². The molecule has 0 fully saturated rings. The molecule has 1 unspecified atom stereocenters. The predicted octanol–water partition coefficient (Wildman–Crippen LogP) is 1.78. The van der Waals surface area contributed by atoms with Crippen LogP contribution in [0.25, 0.3) is 0 Å². The standard InChI is InChI=1S/C7H8ClFO2S/c1-12(10,11)7-3-2-5(9)4-6(7)8/h3-5H,2H2,1H3. The molecule has 0 saturated carbocycles. The summed E-state index contributed by atoms with van der Waals surface area (Å²) >= 11 is 5.54. The molecule has 0 N–H and O–H groups in total. The number of sulfone groups is 1. The summed E-state index contributed by atoms with van der Waals surface area (Å²) in [6.45, 7) is 0. The maximum Gasteiger partial charge on any atom is 0.176 e. The molecule has 0 amide bonds. The fraction of sp³-hybridized carbons (Fsp3) is 0.429. The molecule has 1 aliphatic carbocycles. The molecule has 0 saturated heterocycles. The Morgan fingerprint density at radius 2 is 2.25 bits per heavy atom. The van der Waals surface area contributed by atoms with Gasteiger partial charge in [0.2, 0.25) is 0 Å². The molecular formula is C7H8ClFO2S. The third kappa shape index (κ3) is 2.08. The largest absolute Gasteiger partial charge is 0.243 e. The van der Waals surface area contributed by atoms with Gasteiger partial charge in [0.1, 0.15) is 6.17 Å². The van der Waals surface area contributed by atoms with Crippen LogP contribution in [0.1, 0.15) is 6.42 Å². The van der Waals surface area contributed by atoms with Crippen LogP contribution in [-0.4, -0.2) is 20.8 Å². The molecule has 0 aromatic rings. The van der Waals surface area contributed by atoms with E-state index in [0.717, 1.165) is 12.3 Å². The molecule has 1 rings (SSSR count). The van der Waals surface area contributed by atoms with Crippen LogP contribution in [0.5, 0.6) is 0 Å². The molecule has 2 nitrogen and oxygen atoms in total. The summed E-state index contributed by atoms with van der Waals surface area (Å²) in [5.74, 6) is 0. The van der Waals surface area contributed by atoms with Gasteiger partial charge >= 0.3 is 0 Å². The van der Waals surface area contributed by atoms with Crippen LogP contribution in [-0.2, 0) is 9.84 Å². The lowest BCUT2D eigenvalue weighted by Crippen LogP contribution is -2.08. The molecule has 1 atom stereocenters. The van der Waals surface area contributed by atoms with Crippen LogP contribution in [0.2, 0.25) is 0 Å². The average Bonchev–Trinajstić information content (AvgIpc) is 1.83. The van der Waals surface area contributed by atoms with E-state index in [2.05, 4.69) is 0 Å². The van der Waals surface area contributed by atoms with Gasteiger partial charge < -0.3 is 0 Å². The first-order valence-corrected chi connectivity index (χ1v) is 5.60. The van der Waals surface area contributed by atoms with E-state index in [4.69, 9.17) is 11.6 Å². The molecule has 0 radical (unpaired) electrons. The summed E-state index contributed by atoms with van der Waals surface area (Å²) in [6.07, 6.45) is 2.38. The van der Waals surface area contributed by atoms with Crippen molar-refractivity contribution in [2.75, 3.05) is 6.26 Å². The summed E-state index contributed by atoms with van der Waals surface area (Å²) in [5.41, 5.74) is 0. The zero-order valence-electron chi connectivity index (χ0n) is 6.42. The summed E-state index contributed by atoms with van der Waals surface area (Å²) in [4.78, 5) is 0.0260. The summed E-state index contributed by atoms with van der Waals surface area (Å²) in [7, 11) is -3.30. The van der Waals surface area contributed by atoms with E-state index in [-0.39, 0.29) is 16.4 Å². The Morgan fingerprint density at radius 1 is 1.67 bits per heavy atom. The zero-order chi connectivity index (χ0) is 9.35. The molecule has 0 spiro atoms. The van der Waals surface area contributed by atoms with Gasteiger partial charge in [-0.1, -0.05) is 17.7 Å². The minimum atomic E-state index is -3.30. The second-order valence-corrected chi connectivity index (χ2v) is 5.00. The lowest BCUT2D eigenvalue weighted by molar-refractivity contribution is 0.400. The maximum atomic E-state index is 12.6. The molecule has 1 aliphatic rings. The average molecular weight is 211 g/mol. The fourth-order valence-electron chi connectivity index (χ4n) is 0.955. The van der Waals surface area contributed by atoms with E-state index in [0.29, 0.717) is 0 Å². The van der Waals surface area contributed by atoms with Crippen molar-refractivity contribution in [3.8, 4) is 0 Å². The van der Waals surface area contributed by atoms with Crippen molar-refractivity contribution in [1.82, 2.24) is 0 Å². The Bertz CT molecular complexity index is 342. The zero-order valence-corrected chi connectivity index (χ0v) is 7.99. The Balaban J connectivity index is 3.05. The first-order valence-electron chi connectivity index (χ1n) is 3.33. The molecule has 0 heterocycles. The van der Waals surface area contributed by atoms with E-state index in [9.17, 15) is 12.8 Å². The molecule has 0 bridgehead atoms. The first kappa shape index (κ1) is 9.74. The molecular weight excluding hydrogens is 203 g/mol. The molecule has 68 valence electrons. The number of allylic oxidation sites excluding steroid dienone is 3. The molecule has 5 heteroatoms. The minimum absolute atomic E-state index is 0.0174. The van der Waals surface area contributed by atoms with Gasteiger partial charge in [-0.3, -0.25) is 0 Å². The molecule has 0 aliphatic heterocycles. The number of rotatable bonds is 1. The van der Waals surface area contributed by atoms with Crippen LogP contribution in [0, 0.1) is 0 Å². The topological polar surface area (TPSA) is 34.1 Å². The van der Waals surface area contributed by atoms with Crippen LogP contribution in [0.3, 0.4) is 0 Å². The summed E-state index contributed by atoms with van der Waals surface area (Å²) < 4.78 is 34.6. The third-order valence-electron chi connectivity index (χ3n) is 1.49. The highest BCUT2D eigenvalue weighted by atomic mass is 35.5. The van der Waals surface area contributed by atoms with Crippen LogP contribution >= 0.6 is 11.6 Å². The Morgan fingerprint density at radius 3 is 2.67 bits per heavy atom. The molecule has 12 heavy (non-hydrogen) atoms. The van der Waals surface area contributed by atoms with Gasteiger partial charge in [-0.25, -0.2) is 12.8 Å². The number of alkyl halides is 1. The third-order valence-corrected chi connectivity index (χ3v) is 3.12. The highest BCUT2D eigenvalue weighted by molar-refractivity contribution is 7.94. The predicted molar refractivity (Wildman–Crippen MR) is 46.4 cm³/mol. The number of halogens is 2. The van der Waals surface area contributed by atoms with E-state index < -0.39 is 16.0 Å². The van der Waals surface area contributed by atoms with Gasteiger partial charge in [0.05, 0.1) is 9.94 Å². The Labute approximate surface area is 75.6 Å². The normalized spacial score (nSPS) is 24.8. The second kappa shape index (κ2) is 3.18. The SMILES string of the molecule is CS(=O)(=O)C1=CCC(F)C=C1Cl. The van der Waals surface area contributed by atoms with Crippen molar-refractivity contribution < 1.29 is 12.8 Å². The van der Waals surface area contributed by atoms with E-state index in [1.807, 2.05) is 0 Å². The van der Waals surface area contributed by atoms with E-state index >= 15 is 0 Å². The van der Waals surface area contributed by atoms with Crippen LogP contribution < -0.4 is 0 Å². The summed E-state index contributed by atoms with van der Waals surface area (Å²) in [5, 5.41) is -0.0174. The maximum absolute atomic E-state index is 12.6. The quantitative estimate of drug-likeness (QED) is 0.661. The highest BCUT2D eigenvalue weighted by Crippen LogP contribution is 2.27. The van der Waals surface area contributed by atoms with Crippen molar-refractivity contribution >= 4 is 21.4 Å². The Hall–Kier alpha value is -0.350. The molecule has 0 aromatic heterocycles. The molecule has 0 aromatic carbocycles. The van der Waals surface area contributed by atoms with Gasteiger partial charge in [0.15, 0.2) is 9.84 Å². The fourth-order valence-corrected chi connectivity index (χ4v) is 2.41. The smallest absolute Gasteiger partial charge is 0.176 e. The number of hydrogen-bond donors (Lipinski definition) is 0. The first-order chi connectivity index (χ1) is 5.41. The van der Waals surface area contributed by atoms with Gasteiger partial charge in [-0.2, -0.15) is 0 Å². The lowest BCUT2D eigenvalue weighted by atomic mass is 10.2. The second-order valence-electron chi connectivity index (χ2n) is 2.61. The summed E-state index contributed by atoms with van der Waals surface area (Å²) in [6, 6.07) is 0. The van der Waals surface area contributed by atoms with Crippen molar-refractivity contribution in [2.45, 2.75) is 12.6 Å². The van der Waals surface area contributed by atoms with Crippen LogP contribution in [0.4, 0.5) is 4.39 Å². The van der Waals surface area contributed by atoms with Gasteiger partial charge in [-0.05, 0) is 6.08 Å². The lowest BCUT2D eigenvalue weighted by Gasteiger charge is -2.11. The van der Waals surface area contributed by atoms with Crippen molar-refractivity contribution in [3.05, 3.63) is 22.1 Å². The van der Waals surface area contributed by atoms with E-state index in [1.165, 1.54) is 6.08 Å². The van der Waals surface area contributed by atoms with Crippen molar-refractivity contribution in [2.24, 2.45) is 0 Å². The van der Waals surface area contributed by atoms with Crippen LogP contribution in [0.15, 0.2) is 22.1 Å². The minimum Gasteiger partial charge on any atom is -0.243 e. The van der Waals surface area contributed by atoms with Crippen molar-refractivity contribution in [1.29, 1.82) is 0 Å². The van der Waals surface area contributed by atoms with Crippen molar-refractivity contribution in [3.63, 3.8) is 0 Å². The Kier molecular flexibility index (Phi) is 2.58. The van der Waals surface area contributed by atoms with Gasteiger partial charge in [0.25, 0.3) is 0 Å².